The molecular weight excluding hydrogens is 382 g/mol. The van der Waals surface area contributed by atoms with Crippen molar-refractivity contribution in [2.75, 3.05) is 23.3 Å². The van der Waals surface area contributed by atoms with Gasteiger partial charge < -0.3 is 10.2 Å². The maximum Gasteiger partial charge on any atom is 0.230 e. The number of hydrogen-bond acceptors (Lipinski definition) is 6. The Morgan fingerprint density at radius 1 is 1.24 bits per heavy atom. The molecule has 5 rings (SSSR count). The van der Waals surface area contributed by atoms with Gasteiger partial charge >= 0.3 is 0 Å². The van der Waals surface area contributed by atoms with Crippen LogP contribution in [-0.4, -0.2) is 33.9 Å². The highest BCUT2D eigenvalue weighted by Gasteiger charge is 2.30. The first-order chi connectivity index (χ1) is 14.2. The van der Waals surface area contributed by atoms with Gasteiger partial charge in [0.15, 0.2) is 0 Å². The van der Waals surface area contributed by atoms with E-state index >= 15 is 0 Å². The quantitative estimate of drug-likeness (QED) is 0.709. The Bertz CT molecular complexity index is 1030. The van der Waals surface area contributed by atoms with Crippen molar-refractivity contribution in [3.63, 3.8) is 0 Å². The molecule has 1 N–H and O–H groups in total. The highest BCUT2D eigenvalue weighted by Crippen LogP contribution is 2.41. The first kappa shape index (κ1) is 18.5. The molecule has 150 valence electrons. The number of anilines is 2. The van der Waals surface area contributed by atoms with E-state index in [4.69, 9.17) is 0 Å². The van der Waals surface area contributed by atoms with Crippen LogP contribution >= 0.6 is 11.3 Å². The van der Waals surface area contributed by atoms with Crippen LogP contribution in [0.3, 0.4) is 0 Å². The Kier molecular flexibility index (Phi) is 4.91. The Morgan fingerprint density at radius 3 is 3.03 bits per heavy atom. The van der Waals surface area contributed by atoms with Crippen molar-refractivity contribution in [2.24, 2.45) is 11.8 Å². The molecule has 6 nitrogen and oxygen atoms in total. The molecule has 0 radical (unpaired) electrons. The number of hydrogen-bond donors (Lipinski definition) is 1. The normalized spacial score (nSPS) is 21.8. The first-order valence-electron chi connectivity index (χ1n) is 10.4. The van der Waals surface area contributed by atoms with Gasteiger partial charge in [0.05, 0.1) is 11.3 Å². The minimum atomic E-state index is -0.0646. The minimum absolute atomic E-state index is 0.0415. The van der Waals surface area contributed by atoms with Gasteiger partial charge in [-0.3, -0.25) is 4.79 Å². The van der Waals surface area contributed by atoms with Gasteiger partial charge in [-0.1, -0.05) is 13.0 Å². The van der Waals surface area contributed by atoms with Crippen molar-refractivity contribution in [1.82, 2.24) is 15.0 Å². The molecule has 3 aromatic rings. The van der Waals surface area contributed by atoms with E-state index < -0.39 is 0 Å². The summed E-state index contributed by atoms with van der Waals surface area (Å²) in [5, 5.41) is 4.19. The number of nitrogens with zero attached hydrogens (tertiary/aromatic N) is 4. The molecule has 1 fully saturated rings. The predicted octanol–water partition coefficient (Wildman–Crippen LogP) is 4.07. The third-order valence-corrected chi connectivity index (χ3v) is 7.24. The third-order valence-electron chi connectivity index (χ3n) is 6.08. The van der Waals surface area contributed by atoms with Gasteiger partial charge in [0.1, 0.15) is 22.8 Å². The fourth-order valence-corrected chi connectivity index (χ4v) is 5.89. The fraction of sp³-hybridized carbons (Fsp3) is 0.455. The summed E-state index contributed by atoms with van der Waals surface area (Å²) in [5.41, 5.74) is 1.44. The highest BCUT2D eigenvalue weighted by atomic mass is 32.1. The van der Waals surface area contributed by atoms with Crippen LogP contribution in [0.2, 0.25) is 0 Å². The van der Waals surface area contributed by atoms with Crippen molar-refractivity contribution < 1.29 is 4.79 Å². The fourth-order valence-electron chi connectivity index (χ4n) is 4.55. The molecule has 0 bridgehead atoms. The molecule has 0 aromatic carbocycles. The first-order valence-corrected chi connectivity index (χ1v) is 11.2. The average Bonchev–Trinajstić information content (AvgIpc) is 3.12. The Morgan fingerprint density at radius 2 is 2.17 bits per heavy atom. The van der Waals surface area contributed by atoms with Crippen LogP contribution in [0, 0.1) is 11.8 Å². The zero-order valence-corrected chi connectivity index (χ0v) is 17.4. The molecule has 1 saturated heterocycles. The Hall–Kier alpha value is -2.54. The summed E-state index contributed by atoms with van der Waals surface area (Å²) in [5.74, 6) is 2.34. The third kappa shape index (κ3) is 3.59. The van der Waals surface area contributed by atoms with Crippen molar-refractivity contribution in [1.29, 1.82) is 0 Å². The number of carbonyl (C=O) groups is 1. The number of amides is 1. The van der Waals surface area contributed by atoms with Crippen LogP contribution < -0.4 is 10.2 Å². The van der Waals surface area contributed by atoms with E-state index in [0.29, 0.717) is 12.4 Å². The molecule has 1 amide bonds. The summed E-state index contributed by atoms with van der Waals surface area (Å²) in [6.45, 7) is 3.95. The number of aryl methyl sites for hydroxylation is 1. The molecule has 0 saturated carbocycles. The molecule has 2 aliphatic rings. The molecule has 2 unspecified atom stereocenters. The van der Waals surface area contributed by atoms with E-state index in [1.54, 1.807) is 12.5 Å². The molecule has 7 heteroatoms. The molecule has 2 atom stereocenters. The average molecular weight is 408 g/mol. The van der Waals surface area contributed by atoms with Crippen LogP contribution in [0.1, 0.15) is 36.6 Å². The molecule has 29 heavy (non-hydrogen) atoms. The lowest BCUT2D eigenvalue weighted by Crippen LogP contribution is -2.41. The number of thiophene rings is 1. The summed E-state index contributed by atoms with van der Waals surface area (Å²) < 4.78 is 0. The molecule has 0 spiro atoms. The van der Waals surface area contributed by atoms with Crippen LogP contribution in [0.5, 0.6) is 0 Å². The predicted molar refractivity (Wildman–Crippen MR) is 116 cm³/mol. The standard InChI is InChI=1S/C22H25N5OS/c1-14-7-8-16-17(11-14)29-22-19(16)20(24-13-25-22)27-10-4-5-15(12-27)21(28)26-18-6-2-3-9-23-18/h2-3,6,9,13-15H,4-5,7-8,10-12H2,1H3,(H,23,26,28). The van der Waals surface area contributed by atoms with E-state index in [-0.39, 0.29) is 11.8 Å². The number of pyridine rings is 1. The van der Waals surface area contributed by atoms with Crippen molar-refractivity contribution in [2.45, 2.75) is 39.0 Å². The van der Waals surface area contributed by atoms with E-state index in [1.165, 1.54) is 22.2 Å². The van der Waals surface area contributed by atoms with Gasteiger partial charge in [-0.2, -0.15) is 0 Å². The second-order valence-electron chi connectivity index (χ2n) is 8.22. The summed E-state index contributed by atoms with van der Waals surface area (Å²) in [7, 11) is 0. The molecule has 3 aromatic heterocycles. The number of piperidine rings is 1. The number of nitrogens with one attached hydrogen (secondary N) is 1. The second-order valence-corrected chi connectivity index (χ2v) is 9.30. The SMILES string of the molecule is CC1CCc2c(sc3ncnc(N4CCCC(C(=O)Nc5ccccn5)C4)c23)C1. The van der Waals surface area contributed by atoms with Crippen molar-refractivity contribution in [3.05, 3.63) is 41.2 Å². The zero-order chi connectivity index (χ0) is 19.8. The van der Waals surface area contributed by atoms with Gasteiger partial charge in [-0.05, 0) is 55.7 Å². The highest BCUT2D eigenvalue weighted by molar-refractivity contribution is 7.19. The number of fused-ring (bicyclic) bond motifs is 3. The summed E-state index contributed by atoms with van der Waals surface area (Å²) in [4.78, 5) is 31.1. The smallest absolute Gasteiger partial charge is 0.230 e. The largest absolute Gasteiger partial charge is 0.355 e. The lowest BCUT2D eigenvalue weighted by atomic mass is 9.89. The van der Waals surface area contributed by atoms with Crippen LogP contribution in [0.15, 0.2) is 30.7 Å². The summed E-state index contributed by atoms with van der Waals surface area (Å²) in [6, 6.07) is 5.56. The maximum atomic E-state index is 12.8. The van der Waals surface area contributed by atoms with Crippen LogP contribution in [0.25, 0.3) is 10.2 Å². The summed E-state index contributed by atoms with van der Waals surface area (Å²) >= 11 is 1.83. The maximum absolute atomic E-state index is 12.8. The van der Waals surface area contributed by atoms with Crippen molar-refractivity contribution in [3.8, 4) is 0 Å². The number of carbonyl (C=O) groups excluding carboxylic acids is 1. The van der Waals surface area contributed by atoms with Gasteiger partial charge in [-0.25, -0.2) is 15.0 Å². The molecule has 1 aliphatic heterocycles. The van der Waals surface area contributed by atoms with Crippen LogP contribution in [-0.2, 0) is 17.6 Å². The van der Waals surface area contributed by atoms with Gasteiger partial charge in [0, 0.05) is 24.2 Å². The van der Waals surface area contributed by atoms with Crippen LogP contribution in [0.4, 0.5) is 11.6 Å². The Labute approximate surface area is 174 Å². The number of rotatable bonds is 3. The van der Waals surface area contributed by atoms with E-state index in [1.807, 2.05) is 29.5 Å². The molecule has 4 heterocycles. The van der Waals surface area contributed by atoms with Gasteiger partial charge in [-0.15, -0.1) is 11.3 Å². The van der Waals surface area contributed by atoms with Gasteiger partial charge in [0.2, 0.25) is 5.91 Å². The minimum Gasteiger partial charge on any atom is -0.355 e. The Balaban J connectivity index is 1.41. The topological polar surface area (TPSA) is 71.0 Å². The lowest BCUT2D eigenvalue weighted by molar-refractivity contribution is -0.120. The molecule has 1 aliphatic carbocycles. The summed E-state index contributed by atoms with van der Waals surface area (Å²) in [6.07, 6.45) is 8.72. The molecular formula is C22H25N5OS. The van der Waals surface area contributed by atoms with Crippen molar-refractivity contribution >= 4 is 39.1 Å². The number of aromatic nitrogens is 3. The van der Waals surface area contributed by atoms with E-state index in [0.717, 1.165) is 48.8 Å². The second kappa shape index (κ2) is 7.71. The van der Waals surface area contributed by atoms with E-state index in [2.05, 4.69) is 32.1 Å². The monoisotopic (exact) mass is 407 g/mol. The zero-order valence-electron chi connectivity index (χ0n) is 16.6. The van der Waals surface area contributed by atoms with Gasteiger partial charge in [0.25, 0.3) is 0 Å². The van der Waals surface area contributed by atoms with E-state index in [9.17, 15) is 4.79 Å². The lowest BCUT2D eigenvalue weighted by Gasteiger charge is -2.33.